The quantitative estimate of drug-likeness (QED) is 0.779. The molecule has 22 heavy (non-hydrogen) atoms. The minimum Gasteiger partial charge on any atom is -0.324 e. The summed E-state index contributed by atoms with van der Waals surface area (Å²) in [5, 5.41) is 9.85. The number of thioether (sulfide) groups is 1. The SMILES string of the molecule is Cc1ccc(NC(=O)CSc2n[nH]c(=O)n2C2CC2)c(Br)c1. The molecular weight excluding hydrogens is 368 g/mol. The molecule has 1 aliphatic rings. The Morgan fingerprint density at radius 3 is 3.00 bits per heavy atom. The van der Waals surface area contributed by atoms with E-state index < -0.39 is 0 Å². The number of aryl methyl sites for hydroxylation is 1. The lowest BCUT2D eigenvalue weighted by molar-refractivity contribution is -0.113. The number of hydrogen-bond donors (Lipinski definition) is 2. The highest BCUT2D eigenvalue weighted by atomic mass is 79.9. The lowest BCUT2D eigenvalue weighted by atomic mass is 10.2. The Hall–Kier alpha value is -1.54. The molecule has 116 valence electrons. The van der Waals surface area contributed by atoms with Crippen LogP contribution in [0.3, 0.4) is 0 Å². The number of amides is 1. The fraction of sp³-hybridized carbons (Fsp3) is 0.357. The average Bonchev–Trinajstić information content (AvgIpc) is 3.23. The zero-order valence-electron chi connectivity index (χ0n) is 11.9. The number of nitrogens with one attached hydrogen (secondary N) is 2. The van der Waals surface area contributed by atoms with Crippen LogP contribution in [0.25, 0.3) is 0 Å². The van der Waals surface area contributed by atoms with Gasteiger partial charge in [0.05, 0.1) is 11.4 Å². The summed E-state index contributed by atoms with van der Waals surface area (Å²) in [4.78, 5) is 23.7. The highest BCUT2D eigenvalue weighted by Gasteiger charge is 2.28. The zero-order chi connectivity index (χ0) is 15.7. The molecule has 0 radical (unpaired) electrons. The molecule has 0 atom stereocenters. The first kappa shape index (κ1) is 15.4. The van der Waals surface area contributed by atoms with Crippen molar-refractivity contribution >= 4 is 39.3 Å². The lowest BCUT2D eigenvalue weighted by Crippen LogP contribution is -2.18. The predicted molar refractivity (Wildman–Crippen MR) is 89.4 cm³/mol. The van der Waals surface area contributed by atoms with Crippen LogP contribution in [-0.2, 0) is 4.79 Å². The molecule has 1 amide bonds. The molecule has 6 nitrogen and oxygen atoms in total. The van der Waals surface area contributed by atoms with E-state index in [1.54, 1.807) is 4.57 Å². The van der Waals surface area contributed by atoms with Gasteiger partial charge in [-0.3, -0.25) is 9.36 Å². The van der Waals surface area contributed by atoms with Crippen molar-refractivity contribution in [3.05, 3.63) is 38.7 Å². The average molecular weight is 383 g/mol. The maximum atomic E-state index is 12.0. The Bertz CT molecular complexity index is 766. The largest absolute Gasteiger partial charge is 0.344 e. The Balaban J connectivity index is 1.62. The number of halogens is 1. The highest BCUT2D eigenvalue weighted by molar-refractivity contribution is 9.10. The number of carbonyl (C=O) groups is 1. The van der Waals surface area contributed by atoms with E-state index in [2.05, 4.69) is 31.4 Å². The van der Waals surface area contributed by atoms with Crippen LogP contribution in [0.5, 0.6) is 0 Å². The van der Waals surface area contributed by atoms with E-state index in [0.717, 1.165) is 28.6 Å². The van der Waals surface area contributed by atoms with Gasteiger partial charge in [0.1, 0.15) is 0 Å². The third-order valence-corrected chi connectivity index (χ3v) is 4.92. The van der Waals surface area contributed by atoms with Crippen LogP contribution in [0.2, 0.25) is 0 Å². The molecule has 0 bridgehead atoms. The van der Waals surface area contributed by atoms with Crippen molar-refractivity contribution in [2.75, 3.05) is 11.1 Å². The predicted octanol–water partition coefficient (Wildman–Crippen LogP) is 2.71. The molecular formula is C14H15BrN4O2S. The maximum absolute atomic E-state index is 12.0. The normalized spacial score (nSPS) is 14.1. The highest BCUT2D eigenvalue weighted by Crippen LogP contribution is 2.36. The number of H-pyrrole nitrogens is 1. The smallest absolute Gasteiger partial charge is 0.324 e. The van der Waals surface area contributed by atoms with Crippen molar-refractivity contribution in [3.8, 4) is 0 Å². The van der Waals surface area contributed by atoms with Gasteiger partial charge in [-0.05, 0) is 53.4 Å². The Kier molecular flexibility index (Phi) is 4.39. The number of rotatable bonds is 5. The molecule has 0 unspecified atom stereocenters. The molecule has 1 aliphatic carbocycles. The topological polar surface area (TPSA) is 79.8 Å². The third-order valence-electron chi connectivity index (χ3n) is 3.32. The minimum atomic E-state index is -0.202. The van der Waals surface area contributed by atoms with Crippen molar-refractivity contribution in [1.29, 1.82) is 0 Å². The van der Waals surface area contributed by atoms with E-state index in [1.165, 1.54) is 11.8 Å². The molecule has 1 fully saturated rings. The monoisotopic (exact) mass is 382 g/mol. The standard InChI is InChI=1S/C14H15BrN4O2S/c1-8-2-5-11(10(15)6-8)16-12(20)7-22-14-18-17-13(21)19(14)9-3-4-9/h2,5-6,9H,3-4,7H2,1H3,(H,16,20)(H,17,21). The fourth-order valence-corrected chi connectivity index (χ4v) is 3.49. The Morgan fingerprint density at radius 2 is 2.32 bits per heavy atom. The molecule has 2 aromatic rings. The first-order valence-electron chi connectivity index (χ1n) is 6.90. The molecule has 1 aromatic heterocycles. The van der Waals surface area contributed by atoms with Gasteiger partial charge >= 0.3 is 5.69 Å². The van der Waals surface area contributed by atoms with Crippen LogP contribution >= 0.6 is 27.7 Å². The van der Waals surface area contributed by atoms with Gasteiger partial charge < -0.3 is 5.32 Å². The van der Waals surface area contributed by atoms with Gasteiger partial charge in [0.25, 0.3) is 0 Å². The van der Waals surface area contributed by atoms with Gasteiger partial charge in [-0.1, -0.05) is 17.8 Å². The van der Waals surface area contributed by atoms with Crippen molar-refractivity contribution < 1.29 is 4.79 Å². The summed E-state index contributed by atoms with van der Waals surface area (Å²) in [6, 6.07) is 5.98. The first-order valence-corrected chi connectivity index (χ1v) is 8.68. The van der Waals surface area contributed by atoms with Crippen LogP contribution in [0.15, 0.2) is 32.6 Å². The van der Waals surface area contributed by atoms with E-state index in [4.69, 9.17) is 0 Å². The van der Waals surface area contributed by atoms with Crippen molar-refractivity contribution in [3.63, 3.8) is 0 Å². The lowest BCUT2D eigenvalue weighted by Gasteiger charge is -2.08. The van der Waals surface area contributed by atoms with Gasteiger partial charge in [-0.2, -0.15) is 0 Å². The van der Waals surface area contributed by atoms with Crippen molar-refractivity contribution in [2.45, 2.75) is 31.0 Å². The number of carbonyl (C=O) groups excluding carboxylic acids is 1. The number of aromatic amines is 1. The third kappa shape index (κ3) is 3.44. The van der Waals surface area contributed by atoms with Crippen LogP contribution in [0, 0.1) is 6.92 Å². The van der Waals surface area contributed by atoms with E-state index >= 15 is 0 Å². The van der Waals surface area contributed by atoms with Gasteiger partial charge in [-0.25, -0.2) is 9.89 Å². The second-order valence-electron chi connectivity index (χ2n) is 5.23. The maximum Gasteiger partial charge on any atom is 0.344 e. The van der Waals surface area contributed by atoms with Gasteiger partial charge in [-0.15, -0.1) is 5.10 Å². The summed E-state index contributed by atoms with van der Waals surface area (Å²) in [6.45, 7) is 1.99. The molecule has 1 aromatic carbocycles. The summed E-state index contributed by atoms with van der Waals surface area (Å²) < 4.78 is 2.49. The van der Waals surface area contributed by atoms with Crippen molar-refractivity contribution in [2.24, 2.45) is 0 Å². The Morgan fingerprint density at radius 1 is 1.55 bits per heavy atom. The van der Waals surface area contributed by atoms with E-state index in [0.29, 0.717) is 5.16 Å². The summed E-state index contributed by atoms with van der Waals surface area (Å²) in [5.41, 5.74) is 1.65. The van der Waals surface area contributed by atoms with Crippen LogP contribution < -0.4 is 11.0 Å². The van der Waals surface area contributed by atoms with Crippen LogP contribution in [0.1, 0.15) is 24.4 Å². The Labute approximate surface area is 139 Å². The fourth-order valence-electron chi connectivity index (χ4n) is 2.08. The van der Waals surface area contributed by atoms with E-state index in [9.17, 15) is 9.59 Å². The van der Waals surface area contributed by atoms with Gasteiger partial charge in [0.15, 0.2) is 5.16 Å². The van der Waals surface area contributed by atoms with E-state index in [-0.39, 0.29) is 23.4 Å². The second-order valence-corrected chi connectivity index (χ2v) is 7.03. The summed E-state index contributed by atoms with van der Waals surface area (Å²) in [5.74, 6) is 0.0736. The molecule has 1 saturated carbocycles. The first-order chi connectivity index (χ1) is 10.5. The van der Waals surface area contributed by atoms with Crippen LogP contribution in [-0.4, -0.2) is 26.4 Å². The van der Waals surface area contributed by atoms with Crippen LogP contribution in [0.4, 0.5) is 5.69 Å². The number of benzene rings is 1. The molecule has 1 heterocycles. The molecule has 2 N–H and O–H groups in total. The molecule has 8 heteroatoms. The molecule has 0 aliphatic heterocycles. The van der Waals surface area contributed by atoms with E-state index in [1.807, 2.05) is 25.1 Å². The molecule has 0 saturated heterocycles. The van der Waals surface area contributed by atoms with Crippen molar-refractivity contribution in [1.82, 2.24) is 14.8 Å². The second kappa shape index (κ2) is 6.29. The number of aromatic nitrogens is 3. The zero-order valence-corrected chi connectivity index (χ0v) is 14.3. The number of hydrogen-bond acceptors (Lipinski definition) is 4. The number of anilines is 1. The summed E-state index contributed by atoms with van der Waals surface area (Å²) >= 11 is 4.70. The molecule has 0 spiro atoms. The van der Waals surface area contributed by atoms with Gasteiger partial charge in [0, 0.05) is 10.5 Å². The summed E-state index contributed by atoms with van der Waals surface area (Å²) in [6.07, 6.45) is 1.99. The number of nitrogens with zero attached hydrogens (tertiary/aromatic N) is 2. The summed E-state index contributed by atoms with van der Waals surface area (Å²) in [7, 11) is 0. The van der Waals surface area contributed by atoms with Gasteiger partial charge in [0.2, 0.25) is 5.91 Å². The molecule has 3 rings (SSSR count). The minimum absolute atomic E-state index is 0.132.